The Morgan fingerprint density at radius 3 is 2.65 bits per heavy atom. The van der Waals surface area contributed by atoms with E-state index in [1.165, 1.54) is 29.3 Å². The fourth-order valence-electron chi connectivity index (χ4n) is 2.99. The average Bonchev–Trinajstić information content (AvgIpc) is 3.14. The summed E-state index contributed by atoms with van der Waals surface area (Å²) in [7, 11) is 0. The van der Waals surface area contributed by atoms with E-state index >= 15 is 0 Å². The highest BCUT2D eigenvalue weighted by atomic mass is 35.5. The van der Waals surface area contributed by atoms with E-state index in [-0.39, 0.29) is 16.7 Å². The molecule has 0 aliphatic carbocycles. The minimum atomic E-state index is -4.53. The predicted molar refractivity (Wildman–Crippen MR) is 108 cm³/mol. The number of carbonyl (C=O) groups excluding carboxylic acids is 1. The van der Waals surface area contributed by atoms with Crippen LogP contribution in [0.4, 0.5) is 18.9 Å². The maximum Gasteiger partial charge on any atom is 0.416 e. The molecule has 31 heavy (non-hydrogen) atoms. The van der Waals surface area contributed by atoms with Gasteiger partial charge in [-0.25, -0.2) is 9.67 Å². The largest absolute Gasteiger partial charge is 0.416 e. The maximum absolute atomic E-state index is 12.8. The second-order valence-electron chi connectivity index (χ2n) is 6.58. The van der Waals surface area contributed by atoms with Crippen molar-refractivity contribution in [1.29, 1.82) is 0 Å². The van der Waals surface area contributed by atoms with E-state index in [1.807, 2.05) is 0 Å². The molecule has 0 fully saturated rings. The molecule has 0 radical (unpaired) electrons. The van der Waals surface area contributed by atoms with Crippen LogP contribution in [-0.4, -0.2) is 25.2 Å². The molecule has 0 aliphatic rings. The minimum absolute atomic E-state index is 0.0318. The molecule has 11 heteroatoms. The molecule has 158 valence electrons. The van der Waals surface area contributed by atoms with Crippen LogP contribution in [-0.2, 0) is 17.5 Å². The van der Waals surface area contributed by atoms with Crippen molar-refractivity contribution in [1.82, 2.24) is 19.3 Å². The van der Waals surface area contributed by atoms with Gasteiger partial charge in [0.2, 0.25) is 5.91 Å². The first-order valence-electron chi connectivity index (χ1n) is 8.88. The van der Waals surface area contributed by atoms with Crippen molar-refractivity contribution in [2.45, 2.75) is 12.7 Å². The minimum Gasteiger partial charge on any atom is -0.325 e. The van der Waals surface area contributed by atoms with Crippen molar-refractivity contribution in [3.63, 3.8) is 0 Å². The van der Waals surface area contributed by atoms with Gasteiger partial charge in [0.05, 0.1) is 17.4 Å². The van der Waals surface area contributed by atoms with Crippen LogP contribution in [0, 0.1) is 0 Å². The zero-order valence-electron chi connectivity index (χ0n) is 15.6. The van der Waals surface area contributed by atoms with Crippen molar-refractivity contribution in [2.75, 3.05) is 5.32 Å². The third kappa shape index (κ3) is 4.29. The second-order valence-corrected chi connectivity index (χ2v) is 7.01. The Kier molecular flexibility index (Phi) is 5.24. The number of amides is 1. The van der Waals surface area contributed by atoms with Gasteiger partial charge in [-0.05, 0) is 36.4 Å². The summed E-state index contributed by atoms with van der Waals surface area (Å²) in [5.41, 5.74) is -0.552. The van der Waals surface area contributed by atoms with Gasteiger partial charge in [-0.1, -0.05) is 23.7 Å². The van der Waals surface area contributed by atoms with E-state index in [0.717, 1.165) is 16.7 Å². The predicted octanol–water partition coefficient (Wildman–Crippen LogP) is 3.89. The van der Waals surface area contributed by atoms with Crippen LogP contribution in [0.15, 0.2) is 65.8 Å². The SMILES string of the molecule is O=C(Cn1cnc2c(cnn2-c2cccc(Cl)c2)c1=O)Nc1cccc(C(F)(F)F)c1. The topological polar surface area (TPSA) is 81.8 Å². The third-order valence-electron chi connectivity index (χ3n) is 4.39. The molecule has 7 nitrogen and oxygen atoms in total. The Balaban J connectivity index is 1.58. The Hall–Kier alpha value is -3.66. The standard InChI is InChI=1S/C20H13ClF3N5O2/c21-13-4-2-6-15(8-13)29-18-16(9-26-29)19(31)28(11-25-18)10-17(30)27-14-5-1-3-12(7-14)20(22,23)24/h1-9,11H,10H2,(H,27,30). The molecule has 2 aromatic carbocycles. The number of halogens is 4. The smallest absolute Gasteiger partial charge is 0.325 e. The number of benzene rings is 2. The number of aromatic nitrogens is 4. The van der Waals surface area contributed by atoms with E-state index in [2.05, 4.69) is 15.4 Å². The molecule has 0 aliphatic heterocycles. The molecule has 0 saturated carbocycles. The molecule has 0 saturated heterocycles. The molecule has 4 aromatic rings. The highest BCUT2D eigenvalue weighted by Gasteiger charge is 2.30. The van der Waals surface area contributed by atoms with Crippen LogP contribution in [0.3, 0.4) is 0 Å². The molecule has 0 atom stereocenters. The van der Waals surface area contributed by atoms with E-state index in [0.29, 0.717) is 10.7 Å². The number of hydrogen-bond acceptors (Lipinski definition) is 4. The highest BCUT2D eigenvalue weighted by Crippen LogP contribution is 2.30. The monoisotopic (exact) mass is 447 g/mol. The number of hydrogen-bond donors (Lipinski definition) is 1. The normalized spacial score (nSPS) is 11.6. The number of rotatable bonds is 4. The number of nitrogens with one attached hydrogen (secondary N) is 1. The lowest BCUT2D eigenvalue weighted by Crippen LogP contribution is -2.28. The number of fused-ring (bicyclic) bond motifs is 1. The molecule has 1 N–H and O–H groups in total. The first-order chi connectivity index (χ1) is 14.7. The van der Waals surface area contributed by atoms with Gasteiger partial charge in [0, 0.05) is 10.7 Å². The number of alkyl halides is 3. The fourth-order valence-corrected chi connectivity index (χ4v) is 3.17. The molecule has 0 spiro atoms. The zero-order valence-corrected chi connectivity index (χ0v) is 16.4. The molecular formula is C20H13ClF3N5O2. The van der Waals surface area contributed by atoms with Gasteiger partial charge in [0.25, 0.3) is 5.56 Å². The number of nitrogens with zero attached hydrogens (tertiary/aromatic N) is 4. The summed E-state index contributed by atoms with van der Waals surface area (Å²) < 4.78 is 40.9. The summed E-state index contributed by atoms with van der Waals surface area (Å²) in [6.07, 6.45) is -2.03. The van der Waals surface area contributed by atoms with Crippen LogP contribution in [0.5, 0.6) is 0 Å². The fraction of sp³-hybridized carbons (Fsp3) is 0.100. The lowest BCUT2D eigenvalue weighted by Gasteiger charge is -2.10. The van der Waals surface area contributed by atoms with E-state index in [1.54, 1.807) is 24.3 Å². The lowest BCUT2D eigenvalue weighted by atomic mass is 10.2. The summed E-state index contributed by atoms with van der Waals surface area (Å²) in [5, 5.41) is 7.18. The zero-order chi connectivity index (χ0) is 22.2. The summed E-state index contributed by atoms with van der Waals surface area (Å²) in [5.74, 6) is -0.676. The van der Waals surface area contributed by atoms with Crippen molar-refractivity contribution in [3.05, 3.63) is 82.0 Å². The second kappa shape index (κ2) is 7.88. The van der Waals surface area contributed by atoms with Gasteiger partial charge in [-0.15, -0.1) is 0 Å². The lowest BCUT2D eigenvalue weighted by molar-refractivity contribution is -0.137. The van der Waals surface area contributed by atoms with E-state index < -0.39 is 29.8 Å². The van der Waals surface area contributed by atoms with Crippen molar-refractivity contribution < 1.29 is 18.0 Å². The van der Waals surface area contributed by atoms with Gasteiger partial charge < -0.3 is 5.32 Å². The van der Waals surface area contributed by atoms with Crippen molar-refractivity contribution >= 4 is 34.2 Å². The van der Waals surface area contributed by atoms with Crippen molar-refractivity contribution in [3.8, 4) is 5.69 Å². The van der Waals surface area contributed by atoms with Crippen LogP contribution in [0.2, 0.25) is 5.02 Å². The third-order valence-corrected chi connectivity index (χ3v) is 4.63. The Labute approximate surface area is 177 Å². The van der Waals surface area contributed by atoms with E-state index in [4.69, 9.17) is 11.6 Å². The summed E-state index contributed by atoms with van der Waals surface area (Å²) in [4.78, 5) is 29.2. The van der Waals surface area contributed by atoms with Gasteiger partial charge in [-0.2, -0.15) is 18.3 Å². The Morgan fingerprint density at radius 1 is 1.13 bits per heavy atom. The first kappa shape index (κ1) is 20.6. The van der Waals surface area contributed by atoms with Crippen molar-refractivity contribution in [2.24, 2.45) is 0 Å². The first-order valence-corrected chi connectivity index (χ1v) is 9.26. The number of anilines is 1. The molecule has 0 unspecified atom stereocenters. The van der Waals surface area contributed by atoms with Gasteiger partial charge in [0.15, 0.2) is 5.65 Å². The molecule has 0 bridgehead atoms. The molecular weight excluding hydrogens is 435 g/mol. The molecule has 4 rings (SSSR count). The summed E-state index contributed by atoms with van der Waals surface area (Å²) in [6.45, 7) is -0.430. The van der Waals surface area contributed by atoms with E-state index in [9.17, 15) is 22.8 Å². The maximum atomic E-state index is 12.8. The summed E-state index contributed by atoms with van der Waals surface area (Å²) >= 11 is 5.99. The highest BCUT2D eigenvalue weighted by molar-refractivity contribution is 6.30. The van der Waals surface area contributed by atoms with Gasteiger partial charge in [0.1, 0.15) is 18.3 Å². The van der Waals surface area contributed by atoms with Crippen LogP contribution in [0.1, 0.15) is 5.56 Å². The molecule has 1 amide bonds. The molecule has 2 heterocycles. The Bertz CT molecular complexity index is 1350. The number of carbonyl (C=O) groups is 1. The average molecular weight is 448 g/mol. The van der Waals surface area contributed by atoms with Crippen LogP contribution < -0.4 is 10.9 Å². The quantitative estimate of drug-likeness (QED) is 0.514. The molecule has 2 aromatic heterocycles. The van der Waals surface area contributed by atoms with Crippen LogP contribution in [0.25, 0.3) is 16.7 Å². The summed E-state index contributed by atoms with van der Waals surface area (Å²) in [6, 6.07) is 11.0. The Morgan fingerprint density at radius 2 is 1.90 bits per heavy atom. The van der Waals surface area contributed by atoms with Crippen LogP contribution >= 0.6 is 11.6 Å². The van der Waals surface area contributed by atoms with Gasteiger partial charge in [-0.3, -0.25) is 14.2 Å². The van der Waals surface area contributed by atoms with Gasteiger partial charge >= 0.3 is 6.18 Å².